The van der Waals surface area contributed by atoms with Crippen molar-refractivity contribution in [3.05, 3.63) is 12.7 Å². The molecule has 9 atom stereocenters. The first-order valence-electron chi connectivity index (χ1n) is 14.0. The third-order valence-corrected chi connectivity index (χ3v) is 11.3. The van der Waals surface area contributed by atoms with Crippen LogP contribution in [0.1, 0.15) is 112 Å². The molecule has 1 N–H and O–H groups in total. The number of hydrogen-bond acceptors (Lipinski definition) is 2. The van der Waals surface area contributed by atoms with Crippen molar-refractivity contribution in [2.75, 3.05) is 6.61 Å². The highest BCUT2D eigenvalue weighted by atomic mass is 16.5. The van der Waals surface area contributed by atoms with E-state index in [1.165, 1.54) is 70.6 Å². The molecular formula is C30H52O2. The standard InChI is InChI=1S/C30H52O2/c1-7-19-32-23-14-17-29(5)22(20-23)10-11-24-26-13-12-25(30(26,6)18-15-27(24)29)21(2)9-8-16-28(3,4)31/h7,21-27,31H,1,8-20H2,2-6H3/t21-,22+,23+,24+,25-,26+,27+,29+,30-/m1/s1. The van der Waals surface area contributed by atoms with Crippen LogP contribution in [0.15, 0.2) is 12.7 Å². The van der Waals surface area contributed by atoms with E-state index in [4.69, 9.17) is 4.74 Å². The molecule has 0 amide bonds. The van der Waals surface area contributed by atoms with Gasteiger partial charge in [0.05, 0.1) is 18.3 Å². The van der Waals surface area contributed by atoms with Gasteiger partial charge in [-0.2, -0.15) is 0 Å². The van der Waals surface area contributed by atoms with E-state index in [1.54, 1.807) is 0 Å². The summed E-state index contributed by atoms with van der Waals surface area (Å²) in [5.74, 6) is 5.43. The average Bonchev–Trinajstić information content (AvgIpc) is 3.08. The minimum atomic E-state index is -0.510. The van der Waals surface area contributed by atoms with Crippen LogP contribution in [-0.4, -0.2) is 23.4 Å². The molecule has 4 aliphatic carbocycles. The van der Waals surface area contributed by atoms with E-state index in [1.807, 2.05) is 19.9 Å². The zero-order valence-electron chi connectivity index (χ0n) is 21.9. The SMILES string of the molecule is C=CCO[C@H]1CC[C@@]2(C)[C@@H](CC[C@@H]3[C@@H]2CC[C@]2(C)[C@@H]([C@H](C)CCCC(C)(C)O)CC[C@@H]32)C1. The predicted molar refractivity (Wildman–Crippen MR) is 134 cm³/mol. The zero-order chi connectivity index (χ0) is 23.1. The van der Waals surface area contributed by atoms with E-state index >= 15 is 0 Å². The molecule has 0 saturated heterocycles. The van der Waals surface area contributed by atoms with Crippen molar-refractivity contribution in [1.29, 1.82) is 0 Å². The second kappa shape index (κ2) is 9.37. The van der Waals surface area contributed by atoms with Gasteiger partial charge in [0, 0.05) is 0 Å². The van der Waals surface area contributed by atoms with Crippen LogP contribution in [0, 0.1) is 46.3 Å². The first kappa shape index (κ1) is 24.8. The van der Waals surface area contributed by atoms with E-state index < -0.39 is 5.60 Å². The number of ether oxygens (including phenoxy) is 1. The van der Waals surface area contributed by atoms with Crippen molar-refractivity contribution in [2.24, 2.45) is 46.3 Å². The van der Waals surface area contributed by atoms with Crippen molar-refractivity contribution in [1.82, 2.24) is 0 Å². The maximum atomic E-state index is 10.1. The summed E-state index contributed by atoms with van der Waals surface area (Å²) in [5.41, 5.74) is 0.598. The van der Waals surface area contributed by atoms with Crippen LogP contribution in [-0.2, 0) is 4.74 Å². The highest BCUT2D eigenvalue weighted by molar-refractivity contribution is 5.09. The molecule has 32 heavy (non-hydrogen) atoms. The molecule has 0 aromatic heterocycles. The molecule has 4 aliphatic rings. The van der Waals surface area contributed by atoms with Gasteiger partial charge in [0.1, 0.15) is 0 Å². The lowest BCUT2D eigenvalue weighted by atomic mass is 9.44. The van der Waals surface area contributed by atoms with Crippen molar-refractivity contribution in [3.63, 3.8) is 0 Å². The molecule has 4 fully saturated rings. The van der Waals surface area contributed by atoms with E-state index in [0.29, 0.717) is 16.9 Å². The van der Waals surface area contributed by atoms with Crippen LogP contribution in [0.2, 0.25) is 0 Å². The molecule has 0 unspecified atom stereocenters. The molecule has 0 radical (unpaired) electrons. The third-order valence-electron chi connectivity index (χ3n) is 11.3. The van der Waals surface area contributed by atoms with E-state index in [2.05, 4.69) is 27.4 Å². The lowest BCUT2D eigenvalue weighted by molar-refractivity contribution is -0.135. The Morgan fingerprint density at radius 1 is 1.03 bits per heavy atom. The van der Waals surface area contributed by atoms with Crippen molar-refractivity contribution >= 4 is 0 Å². The topological polar surface area (TPSA) is 29.5 Å². The Morgan fingerprint density at radius 3 is 2.47 bits per heavy atom. The molecule has 0 aliphatic heterocycles. The zero-order valence-corrected chi connectivity index (χ0v) is 21.9. The second-order valence-corrected chi connectivity index (χ2v) is 13.6. The summed E-state index contributed by atoms with van der Waals surface area (Å²) in [5, 5.41) is 10.1. The van der Waals surface area contributed by atoms with Crippen LogP contribution in [0.25, 0.3) is 0 Å². The van der Waals surface area contributed by atoms with Gasteiger partial charge in [-0.25, -0.2) is 0 Å². The Labute approximate surface area is 199 Å². The molecule has 0 spiro atoms. The molecule has 4 saturated carbocycles. The van der Waals surface area contributed by atoms with Gasteiger partial charge in [-0.05, 0) is 124 Å². The lowest BCUT2D eigenvalue weighted by Crippen LogP contribution is -2.54. The summed E-state index contributed by atoms with van der Waals surface area (Å²) in [6, 6.07) is 0. The Balaban J connectivity index is 1.41. The van der Waals surface area contributed by atoms with Crippen LogP contribution in [0.4, 0.5) is 0 Å². The van der Waals surface area contributed by atoms with Crippen LogP contribution < -0.4 is 0 Å². The van der Waals surface area contributed by atoms with Gasteiger partial charge in [-0.15, -0.1) is 6.58 Å². The fourth-order valence-electron chi connectivity index (χ4n) is 9.61. The molecule has 0 heterocycles. The summed E-state index contributed by atoms with van der Waals surface area (Å²) in [7, 11) is 0. The van der Waals surface area contributed by atoms with Crippen LogP contribution in [0.5, 0.6) is 0 Å². The third kappa shape index (κ3) is 4.61. The number of fused-ring (bicyclic) bond motifs is 5. The highest BCUT2D eigenvalue weighted by Gasteiger charge is 2.60. The minimum absolute atomic E-state index is 0.470. The smallest absolute Gasteiger partial charge is 0.0648 e. The van der Waals surface area contributed by atoms with E-state index in [9.17, 15) is 5.11 Å². The van der Waals surface area contributed by atoms with E-state index in [-0.39, 0.29) is 0 Å². The fraction of sp³-hybridized carbons (Fsp3) is 0.933. The Hall–Kier alpha value is -0.340. The lowest BCUT2D eigenvalue weighted by Gasteiger charge is -2.61. The van der Waals surface area contributed by atoms with Gasteiger partial charge < -0.3 is 9.84 Å². The molecule has 184 valence electrons. The predicted octanol–water partition coefficient (Wildman–Crippen LogP) is 7.79. The fourth-order valence-corrected chi connectivity index (χ4v) is 9.61. The van der Waals surface area contributed by atoms with Crippen molar-refractivity contribution < 1.29 is 9.84 Å². The Morgan fingerprint density at radius 2 is 1.75 bits per heavy atom. The number of hydrogen-bond donors (Lipinski definition) is 1. The average molecular weight is 445 g/mol. The first-order valence-corrected chi connectivity index (χ1v) is 14.0. The van der Waals surface area contributed by atoms with Crippen LogP contribution in [0.3, 0.4) is 0 Å². The highest BCUT2D eigenvalue weighted by Crippen LogP contribution is 2.68. The van der Waals surface area contributed by atoms with Gasteiger partial charge >= 0.3 is 0 Å². The summed E-state index contributed by atoms with van der Waals surface area (Å²) in [4.78, 5) is 0. The monoisotopic (exact) mass is 444 g/mol. The normalized spacial score (nSPS) is 44.9. The molecular weight excluding hydrogens is 392 g/mol. The van der Waals surface area contributed by atoms with Gasteiger partial charge in [-0.1, -0.05) is 39.7 Å². The maximum absolute atomic E-state index is 10.1. The van der Waals surface area contributed by atoms with Crippen LogP contribution >= 0.6 is 0 Å². The van der Waals surface area contributed by atoms with E-state index in [0.717, 1.165) is 48.5 Å². The van der Waals surface area contributed by atoms with Gasteiger partial charge in [0.25, 0.3) is 0 Å². The molecule has 0 bridgehead atoms. The Kier molecular flexibility index (Phi) is 7.25. The summed E-state index contributed by atoms with van der Waals surface area (Å²) in [6.07, 6.45) is 18.5. The largest absolute Gasteiger partial charge is 0.390 e. The number of aliphatic hydroxyl groups is 1. The summed E-state index contributed by atoms with van der Waals surface area (Å²) < 4.78 is 6.11. The Bertz CT molecular complexity index is 650. The molecule has 4 rings (SSSR count). The van der Waals surface area contributed by atoms with Gasteiger partial charge in [-0.3, -0.25) is 0 Å². The summed E-state index contributed by atoms with van der Waals surface area (Å²) >= 11 is 0. The second-order valence-electron chi connectivity index (χ2n) is 13.6. The quantitative estimate of drug-likeness (QED) is 0.387. The van der Waals surface area contributed by atoms with Gasteiger partial charge in [0.15, 0.2) is 0 Å². The maximum Gasteiger partial charge on any atom is 0.0648 e. The molecule has 2 nitrogen and oxygen atoms in total. The number of rotatable bonds is 8. The van der Waals surface area contributed by atoms with Crippen molar-refractivity contribution in [3.8, 4) is 0 Å². The van der Waals surface area contributed by atoms with Crippen molar-refractivity contribution in [2.45, 2.75) is 123 Å². The molecule has 0 aromatic carbocycles. The summed E-state index contributed by atoms with van der Waals surface area (Å²) in [6.45, 7) is 16.4. The van der Waals surface area contributed by atoms with Gasteiger partial charge in [0.2, 0.25) is 0 Å². The first-order chi connectivity index (χ1) is 15.1. The molecule has 0 aromatic rings. The minimum Gasteiger partial charge on any atom is -0.390 e. The molecule has 2 heteroatoms.